The van der Waals surface area contributed by atoms with Gasteiger partial charge in [-0.1, -0.05) is 6.07 Å². The molecule has 0 aromatic heterocycles. The quantitative estimate of drug-likeness (QED) is 0.780. The third-order valence-electron chi connectivity index (χ3n) is 2.49. The summed E-state index contributed by atoms with van der Waals surface area (Å²) in [6, 6.07) is 3.71. The molecule has 1 aliphatic heterocycles. The van der Waals surface area contributed by atoms with Gasteiger partial charge in [-0.25, -0.2) is 0 Å². The Hall–Kier alpha value is -1.55. The van der Waals surface area contributed by atoms with Gasteiger partial charge < -0.3 is 14.2 Å². The van der Waals surface area contributed by atoms with E-state index in [2.05, 4.69) is 0 Å². The van der Waals surface area contributed by atoms with Gasteiger partial charge in [-0.2, -0.15) is 0 Å². The van der Waals surface area contributed by atoms with Gasteiger partial charge in [0.25, 0.3) is 0 Å². The third kappa shape index (κ3) is 2.02. The molecule has 0 fully saturated rings. The topological polar surface area (TPSA) is 44.8 Å². The van der Waals surface area contributed by atoms with E-state index in [0.717, 1.165) is 22.6 Å². The molecule has 0 N–H and O–H groups in total. The number of hydrogen-bond acceptors (Lipinski definition) is 4. The van der Waals surface area contributed by atoms with Gasteiger partial charge in [0.2, 0.25) is 0 Å². The molecule has 1 heterocycles. The Bertz CT molecular complexity index is 412. The number of Topliss-reactive ketones (excluding diaryl/α,β-unsaturated/α-hetero) is 1. The van der Waals surface area contributed by atoms with E-state index >= 15 is 0 Å². The summed E-state index contributed by atoms with van der Waals surface area (Å²) in [5.41, 5.74) is 1.78. The van der Waals surface area contributed by atoms with Gasteiger partial charge >= 0.3 is 0 Å². The summed E-state index contributed by atoms with van der Waals surface area (Å²) in [4.78, 5) is 11.1. The molecule has 1 aromatic carbocycles. The van der Waals surface area contributed by atoms with E-state index < -0.39 is 0 Å². The maximum Gasteiger partial charge on any atom is 0.189 e. The molecule has 0 unspecified atom stereocenters. The van der Waals surface area contributed by atoms with Crippen LogP contribution in [0.15, 0.2) is 12.1 Å². The van der Waals surface area contributed by atoms with E-state index in [4.69, 9.17) is 14.2 Å². The molecule has 0 bridgehead atoms. The molecule has 1 aromatic rings. The fourth-order valence-electron chi connectivity index (χ4n) is 1.82. The highest BCUT2D eigenvalue weighted by Gasteiger charge is 2.19. The molecule has 0 aliphatic carbocycles. The van der Waals surface area contributed by atoms with Crippen LogP contribution in [0.5, 0.6) is 11.5 Å². The molecular weight excluding hydrogens is 208 g/mol. The van der Waals surface area contributed by atoms with Crippen molar-refractivity contribution in [1.29, 1.82) is 0 Å². The maximum atomic E-state index is 11.1. The molecule has 4 nitrogen and oxygen atoms in total. The van der Waals surface area contributed by atoms with Crippen LogP contribution in [0.4, 0.5) is 0 Å². The van der Waals surface area contributed by atoms with Crippen molar-refractivity contribution in [3.63, 3.8) is 0 Å². The van der Waals surface area contributed by atoms with Crippen LogP contribution in [-0.2, 0) is 22.6 Å². The highest BCUT2D eigenvalue weighted by molar-refractivity contribution is 5.79. The zero-order valence-electron chi connectivity index (χ0n) is 9.41. The van der Waals surface area contributed by atoms with Crippen molar-refractivity contribution in [2.75, 3.05) is 13.9 Å². The molecule has 4 heteroatoms. The van der Waals surface area contributed by atoms with Crippen molar-refractivity contribution in [3.8, 4) is 11.5 Å². The van der Waals surface area contributed by atoms with E-state index in [1.165, 1.54) is 0 Å². The molecule has 1 aliphatic rings. The Kier molecular flexibility index (Phi) is 3.10. The second-order valence-corrected chi connectivity index (χ2v) is 3.72. The molecule has 0 spiro atoms. The van der Waals surface area contributed by atoms with E-state index in [0.29, 0.717) is 13.0 Å². The van der Waals surface area contributed by atoms with Gasteiger partial charge in [-0.05, 0) is 13.0 Å². The first kappa shape index (κ1) is 11.0. The molecule has 0 saturated carbocycles. The molecule has 2 rings (SSSR count). The first-order valence-corrected chi connectivity index (χ1v) is 5.11. The Labute approximate surface area is 94.1 Å². The van der Waals surface area contributed by atoms with Crippen LogP contribution < -0.4 is 9.47 Å². The highest BCUT2D eigenvalue weighted by atomic mass is 16.7. The van der Waals surface area contributed by atoms with E-state index in [1.807, 2.05) is 12.1 Å². The van der Waals surface area contributed by atoms with Crippen LogP contribution in [0.25, 0.3) is 0 Å². The smallest absolute Gasteiger partial charge is 0.189 e. The van der Waals surface area contributed by atoms with Crippen LogP contribution in [0.1, 0.15) is 18.1 Å². The Morgan fingerprint density at radius 3 is 3.00 bits per heavy atom. The zero-order valence-corrected chi connectivity index (χ0v) is 9.41. The van der Waals surface area contributed by atoms with Crippen molar-refractivity contribution in [2.24, 2.45) is 0 Å². The van der Waals surface area contributed by atoms with Crippen molar-refractivity contribution < 1.29 is 19.0 Å². The second kappa shape index (κ2) is 4.53. The van der Waals surface area contributed by atoms with Crippen LogP contribution >= 0.6 is 0 Å². The van der Waals surface area contributed by atoms with E-state index in [9.17, 15) is 4.79 Å². The maximum absolute atomic E-state index is 11.1. The van der Waals surface area contributed by atoms with Crippen LogP contribution in [0.2, 0.25) is 0 Å². The van der Waals surface area contributed by atoms with Crippen LogP contribution in [-0.4, -0.2) is 19.7 Å². The van der Waals surface area contributed by atoms with Gasteiger partial charge in [-0.15, -0.1) is 0 Å². The zero-order chi connectivity index (χ0) is 11.5. The van der Waals surface area contributed by atoms with E-state index in [-0.39, 0.29) is 12.6 Å². The fourth-order valence-corrected chi connectivity index (χ4v) is 1.82. The first-order chi connectivity index (χ1) is 7.72. The summed E-state index contributed by atoms with van der Waals surface area (Å²) in [5, 5.41) is 0. The number of ether oxygens (including phenoxy) is 3. The average molecular weight is 222 g/mol. The lowest BCUT2D eigenvalue weighted by Crippen LogP contribution is -2.15. The van der Waals surface area contributed by atoms with Crippen LogP contribution in [0.3, 0.4) is 0 Å². The van der Waals surface area contributed by atoms with Crippen LogP contribution in [0, 0.1) is 0 Å². The predicted octanol–water partition coefficient (Wildman–Crippen LogP) is 1.69. The molecular formula is C12H14O4. The molecule has 16 heavy (non-hydrogen) atoms. The van der Waals surface area contributed by atoms with Gasteiger partial charge in [0.1, 0.15) is 17.3 Å². The highest BCUT2D eigenvalue weighted by Crippen LogP contribution is 2.35. The van der Waals surface area contributed by atoms with Crippen molar-refractivity contribution in [1.82, 2.24) is 0 Å². The summed E-state index contributed by atoms with van der Waals surface area (Å²) < 4.78 is 15.9. The summed E-state index contributed by atoms with van der Waals surface area (Å²) in [5.74, 6) is 1.59. The van der Waals surface area contributed by atoms with Crippen molar-refractivity contribution in [3.05, 3.63) is 23.3 Å². The van der Waals surface area contributed by atoms with Gasteiger partial charge in [0.05, 0.1) is 19.3 Å². The predicted molar refractivity (Wildman–Crippen MR) is 57.7 cm³/mol. The third-order valence-corrected chi connectivity index (χ3v) is 2.49. The number of benzene rings is 1. The lowest BCUT2D eigenvalue weighted by atomic mass is 10.0. The second-order valence-electron chi connectivity index (χ2n) is 3.72. The summed E-state index contributed by atoms with van der Waals surface area (Å²) in [7, 11) is 1.61. The normalized spacial score (nSPS) is 13.9. The molecule has 0 amide bonds. The van der Waals surface area contributed by atoms with E-state index in [1.54, 1.807) is 14.0 Å². The van der Waals surface area contributed by atoms with Gasteiger partial charge in [-0.3, -0.25) is 4.79 Å². The number of ketones is 1. The lowest BCUT2D eigenvalue weighted by Gasteiger charge is -2.22. The summed E-state index contributed by atoms with van der Waals surface area (Å²) in [6.45, 7) is 2.26. The monoisotopic (exact) mass is 222 g/mol. The molecule has 86 valence electrons. The van der Waals surface area contributed by atoms with Gasteiger partial charge in [0, 0.05) is 12.0 Å². The summed E-state index contributed by atoms with van der Waals surface area (Å²) in [6.07, 6.45) is 0.381. The lowest BCUT2D eigenvalue weighted by molar-refractivity contribution is -0.116. The fraction of sp³-hybridized carbons (Fsp3) is 0.417. The first-order valence-electron chi connectivity index (χ1n) is 5.11. The average Bonchev–Trinajstić information content (AvgIpc) is 2.29. The number of carbonyl (C=O) groups is 1. The van der Waals surface area contributed by atoms with Crippen molar-refractivity contribution >= 4 is 5.78 Å². The largest absolute Gasteiger partial charge is 0.496 e. The number of hydrogen-bond donors (Lipinski definition) is 0. The minimum atomic E-state index is 0.113. The molecule has 0 atom stereocenters. The standard InChI is InChI=1S/C12H14O4/c1-8(13)5-9-3-4-11(14-2)10-6-15-7-16-12(9)10/h3-4H,5-7H2,1-2H3. The Morgan fingerprint density at radius 1 is 1.50 bits per heavy atom. The minimum absolute atomic E-state index is 0.113. The SMILES string of the molecule is COc1ccc(CC(C)=O)c2c1COCO2. The van der Waals surface area contributed by atoms with Crippen molar-refractivity contribution in [2.45, 2.75) is 20.0 Å². The number of carbonyl (C=O) groups excluding carboxylic acids is 1. The van der Waals surface area contributed by atoms with Gasteiger partial charge in [0.15, 0.2) is 6.79 Å². The minimum Gasteiger partial charge on any atom is -0.496 e. The number of methoxy groups -OCH3 is 1. The Balaban J connectivity index is 2.43. The molecule has 0 saturated heterocycles. The molecule has 0 radical (unpaired) electrons. The summed E-state index contributed by atoms with van der Waals surface area (Å²) >= 11 is 0. The Morgan fingerprint density at radius 2 is 2.31 bits per heavy atom. The number of fused-ring (bicyclic) bond motifs is 1. The number of rotatable bonds is 3.